The molecule has 3 N–H and O–H groups in total. The highest BCUT2D eigenvalue weighted by Crippen LogP contribution is 2.19. The summed E-state index contributed by atoms with van der Waals surface area (Å²) in [6.45, 7) is 11.3. The van der Waals surface area contributed by atoms with Crippen molar-refractivity contribution in [3.63, 3.8) is 0 Å². The molecule has 0 radical (unpaired) electrons. The molecule has 1 aromatic rings. The molecule has 1 aliphatic rings. The second kappa shape index (κ2) is 11.7. The molecule has 162 valence electrons. The maximum Gasteiger partial charge on any atom is 0.191 e. The van der Waals surface area contributed by atoms with Crippen LogP contribution in [0.5, 0.6) is 0 Å². The number of aliphatic hydroxyl groups is 1. The van der Waals surface area contributed by atoms with Gasteiger partial charge >= 0.3 is 0 Å². The number of hydrogen-bond acceptors (Lipinski definition) is 6. The lowest BCUT2D eigenvalue weighted by atomic mass is 10.1. The molecule has 1 aliphatic heterocycles. The van der Waals surface area contributed by atoms with E-state index in [0.29, 0.717) is 24.5 Å². The number of guanidine groups is 1. The number of thiophene rings is 1. The molecule has 1 saturated heterocycles. The van der Waals surface area contributed by atoms with Gasteiger partial charge in [-0.15, -0.1) is 35.3 Å². The lowest BCUT2D eigenvalue weighted by molar-refractivity contribution is 0.206. The van der Waals surface area contributed by atoms with Crippen molar-refractivity contribution in [1.29, 1.82) is 0 Å². The molecule has 0 aliphatic carbocycles. The molecule has 2 heterocycles. The lowest BCUT2D eigenvalue weighted by Gasteiger charge is -2.22. The molecule has 0 amide bonds. The molecule has 0 saturated carbocycles. The Morgan fingerprint density at radius 2 is 2.14 bits per heavy atom. The van der Waals surface area contributed by atoms with E-state index in [4.69, 9.17) is 0 Å². The Hall–Kier alpha value is -0.430. The van der Waals surface area contributed by atoms with E-state index >= 15 is 0 Å². The Balaban J connectivity index is 0.00000392. The Morgan fingerprint density at radius 1 is 1.43 bits per heavy atom. The molecule has 1 fully saturated rings. The number of aliphatic hydroxyl groups excluding tert-OH is 1. The Morgan fingerprint density at radius 3 is 2.68 bits per heavy atom. The van der Waals surface area contributed by atoms with Gasteiger partial charge in [0.25, 0.3) is 0 Å². The zero-order valence-electron chi connectivity index (χ0n) is 17.0. The average Bonchev–Trinajstić information content (AvgIpc) is 3.23. The van der Waals surface area contributed by atoms with Gasteiger partial charge in [-0.1, -0.05) is 13.0 Å². The van der Waals surface area contributed by atoms with Gasteiger partial charge in [0.2, 0.25) is 0 Å². The smallest absolute Gasteiger partial charge is 0.191 e. The minimum Gasteiger partial charge on any atom is -0.390 e. The first-order chi connectivity index (χ1) is 12.7. The van der Waals surface area contributed by atoms with E-state index in [0.717, 1.165) is 24.4 Å². The predicted molar refractivity (Wildman–Crippen MR) is 127 cm³/mol. The summed E-state index contributed by atoms with van der Waals surface area (Å²) in [7, 11) is -3.47. The third-order valence-corrected chi connectivity index (χ3v) is 8.00. The van der Waals surface area contributed by atoms with E-state index in [2.05, 4.69) is 41.3 Å². The third kappa shape index (κ3) is 7.43. The van der Waals surface area contributed by atoms with E-state index in [1.165, 1.54) is 0 Å². The van der Waals surface area contributed by atoms with Crippen LogP contribution < -0.4 is 10.6 Å². The van der Waals surface area contributed by atoms with Crippen LogP contribution >= 0.6 is 35.3 Å². The molecule has 1 aromatic heterocycles. The molecular weight excluding hydrogens is 511 g/mol. The van der Waals surface area contributed by atoms with E-state index in [1.807, 2.05) is 6.92 Å². The number of nitrogens with one attached hydrogen (secondary N) is 2. The van der Waals surface area contributed by atoms with Crippen LogP contribution in [0.4, 0.5) is 0 Å². The number of rotatable bonds is 8. The van der Waals surface area contributed by atoms with E-state index < -0.39 is 15.9 Å². The van der Waals surface area contributed by atoms with Gasteiger partial charge in [0.15, 0.2) is 15.8 Å². The van der Waals surface area contributed by atoms with Crippen LogP contribution in [0.1, 0.15) is 27.7 Å². The van der Waals surface area contributed by atoms with Crippen molar-refractivity contribution in [2.24, 2.45) is 10.9 Å². The summed E-state index contributed by atoms with van der Waals surface area (Å²) in [5.74, 6) is 0.783. The molecule has 0 spiro atoms. The van der Waals surface area contributed by atoms with E-state index in [9.17, 15) is 13.5 Å². The average molecular weight is 545 g/mol. The highest BCUT2D eigenvalue weighted by molar-refractivity contribution is 14.0. The van der Waals surface area contributed by atoms with Gasteiger partial charge in [-0.05, 0) is 38.1 Å². The largest absolute Gasteiger partial charge is 0.390 e. The molecule has 0 aromatic carbocycles. The van der Waals surface area contributed by atoms with Crippen molar-refractivity contribution in [2.75, 3.05) is 31.9 Å². The Labute approximate surface area is 189 Å². The molecule has 0 bridgehead atoms. The van der Waals surface area contributed by atoms with Crippen molar-refractivity contribution < 1.29 is 13.5 Å². The molecule has 3 unspecified atom stereocenters. The zero-order valence-corrected chi connectivity index (χ0v) is 20.9. The van der Waals surface area contributed by atoms with Crippen LogP contribution in [0.25, 0.3) is 0 Å². The molecule has 3 atom stereocenters. The maximum absolute atomic E-state index is 12.3. The van der Waals surface area contributed by atoms with Crippen molar-refractivity contribution in [3.8, 4) is 0 Å². The molecule has 7 nitrogen and oxygen atoms in total. The van der Waals surface area contributed by atoms with E-state index in [1.54, 1.807) is 17.5 Å². The third-order valence-electron chi connectivity index (χ3n) is 4.71. The number of aliphatic imine (C=N–C) groups is 1. The van der Waals surface area contributed by atoms with Crippen molar-refractivity contribution in [1.82, 2.24) is 15.5 Å². The standard InChI is InChI=1S/C18H32N4O3S2.HI/c1-5-19-18(21-16-11-22(13(2)3)10-14(16)4)20-9-15(23)12-27(24,25)17-7-6-8-26-17;/h6-8,13-16,23H,5,9-12H2,1-4H3,(H2,19,20,21);1H. The van der Waals surface area contributed by atoms with Crippen molar-refractivity contribution >= 4 is 51.1 Å². The Bertz CT molecular complexity index is 710. The van der Waals surface area contributed by atoms with Crippen LogP contribution in [0.15, 0.2) is 26.7 Å². The van der Waals surface area contributed by atoms with Crippen LogP contribution in [-0.2, 0) is 9.84 Å². The topological polar surface area (TPSA) is 94.0 Å². The second-order valence-corrected chi connectivity index (χ2v) is 10.6. The maximum atomic E-state index is 12.3. The number of hydrogen-bond donors (Lipinski definition) is 3. The summed E-state index contributed by atoms with van der Waals surface area (Å²) >= 11 is 1.16. The summed E-state index contributed by atoms with van der Waals surface area (Å²) in [6.07, 6.45) is -1.04. The SMILES string of the molecule is CCNC(=NCC(O)CS(=O)(=O)c1cccs1)NC1CN(C(C)C)CC1C.I. The van der Waals surface area contributed by atoms with Crippen LogP contribution in [0.3, 0.4) is 0 Å². The molecule has 10 heteroatoms. The van der Waals surface area contributed by atoms with Gasteiger partial charge in [-0.25, -0.2) is 8.42 Å². The first-order valence-electron chi connectivity index (χ1n) is 9.46. The van der Waals surface area contributed by atoms with Gasteiger partial charge in [0.05, 0.1) is 18.4 Å². The molecule has 2 rings (SSSR count). The summed E-state index contributed by atoms with van der Waals surface area (Å²) in [5.41, 5.74) is 0. The fraction of sp³-hybridized carbons (Fsp3) is 0.722. The summed E-state index contributed by atoms with van der Waals surface area (Å²) in [4.78, 5) is 6.84. The summed E-state index contributed by atoms with van der Waals surface area (Å²) in [6, 6.07) is 4.03. The van der Waals surface area contributed by atoms with Crippen LogP contribution in [0.2, 0.25) is 0 Å². The summed E-state index contributed by atoms with van der Waals surface area (Å²) in [5, 5.41) is 18.5. The number of nitrogens with zero attached hydrogens (tertiary/aromatic N) is 2. The van der Waals surface area contributed by atoms with Crippen molar-refractivity contribution in [2.45, 2.75) is 50.1 Å². The first-order valence-corrected chi connectivity index (χ1v) is 12.0. The molecular formula is C18H33IN4O3S2. The minimum atomic E-state index is -3.47. The van der Waals surface area contributed by atoms with Gasteiger partial charge in [0, 0.05) is 31.7 Å². The lowest BCUT2D eigenvalue weighted by Crippen LogP contribution is -2.47. The van der Waals surface area contributed by atoms with Gasteiger partial charge < -0.3 is 15.7 Å². The van der Waals surface area contributed by atoms with Crippen LogP contribution in [-0.4, -0.2) is 74.5 Å². The number of likely N-dealkylation sites (tertiary alicyclic amines) is 1. The molecule has 28 heavy (non-hydrogen) atoms. The summed E-state index contributed by atoms with van der Waals surface area (Å²) < 4.78 is 24.8. The van der Waals surface area contributed by atoms with Gasteiger partial charge in [0.1, 0.15) is 4.21 Å². The highest BCUT2D eigenvalue weighted by Gasteiger charge is 2.31. The van der Waals surface area contributed by atoms with E-state index in [-0.39, 0.29) is 46.5 Å². The van der Waals surface area contributed by atoms with Gasteiger partial charge in [-0.3, -0.25) is 9.89 Å². The fourth-order valence-electron chi connectivity index (χ4n) is 3.13. The van der Waals surface area contributed by atoms with Gasteiger partial charge in [-0.2, -0.15) is 0 Å². The minimum absolute atomic E-state index is 0. The zero-order chi connectivity index (χ0) is 20.0. The number of sulfone groups is 1. The second-order valence-electron chi connectivity index (χ2n) is 7.36. The first kappa shape index (κ1) is 25.6. The van der Waals surface area contributed by atoms with Crippen molar-refractivity contribution in [3.05, 3.63) is 17.5 Å². The fourth-order valence-corrected chi connectivity index (χ4v) is 5.60. The monoisotopic (exact) mass is 544 g/mol. The highest BCUT2D eigenvalue weighted by atomic mass is 127. The van der Waals surface area contributed by atoms with Crippen LogP contribution in [0, 0.1) is 5.92 Å². The normalized spacial score (nSPS) is 22.1. The predicted octanol–water partition coefficient (Wildman–Crippen LogP) is 1.78. The quantitative estimate of drug-likeness (QED) is 0.263. The number of halogens is 1. The Kier molecular flexibility index (Phi) is 10.7.